The van der Waals surface area contributed by atoms with Crippen molar-refractivity contribution in [1.29, 1.82) is 5.26 Å². The van der Waals surface area contributed by atoms with E-state index in [2.05, 4.69) is 26.6 Å². The first-order valence-electron chi connectivity index (χ1n) is 14.3. The summed E-state index contributed by atoms with van der Waals surface area (Å²) in [4.78, 5) is 12.0. The van der Waals surface area contributed by atoms with Crippen LogP contribution in [0.1, 0.15) is 55.6 Å². The molecule has 8 nitrogen and oxygen atoms in total. The summed E-state index contributed by atoms with van der Waals surface area (Å²) in [5.74, 6) is 2.07. The Labute approximate surface area is 243 Å². The molecule has 3 fully saturated rings. The van der Waals surface area contributed by atoms with Crippen molar-refractivity contribution in [2.45, 2.75) is 57.0 Å². The lowest BCUT2D eigenvalue weighted by molar-refractivity contribution is -0.0716. The number of halogens is 1. The number of nitrogens with zero attached hydrogens (tertiary/aromatic N) is 5. The number of rotatable bonds is 5. The van der Waals surface area contributed by atoms with Crippen molar-refractivity contribution in [2.75, 3.05) is 24.6 Å². The number of piperidine rings is 1. The van der Waals surface area contributed by atoms with Crippen molar-refractivity contribution in [3.05, 3.63) is 76.8 Å². The molecule has 5 heterocycles. The summed E-state index contributed by atoms with van der Waals surface area (Å²) in [6.45, 7) is 5.40. The molecule has 2 unspecified atom stereocenters. The number of para-hydroxylation sites is 1. The highest BCUT2D eigenvalue weighted by Gasteiger charge is 2.58. The molecule has 2 aromatic carbocycles. The number of fused-ring (bicyclic) bond motifs is 2. The van der Waals surface area contributed by atoms with Crippen molar-refractivity contribution in [3.8, 4) is 17.6 Å². The van der Waals surface area contributed by atoms with Crippen LogP contribution in [0.25, 0.3) is 11.0 Å². The fraction of sp³-hybridized carbons (Fsp3) is 0.406. The van der Waals surface area contributed by atoms with Crippen molar-refractivity contribution in [1.82, 2.24) is 14.5 Å². The highest BCUT2D eigenvalue weighted by atomic mass is 35.5. The van der Waals surface area contributed by atoms with Crippen LogP contribution in [0.4, 0.5) is 5.69 Å². The molecule has 208 valence electrons. The molecule has 1 saturated carbocycles. The van der Waals surface area contributed by atoms with Crippen LogP contribution < -0.4 is 14.4 Å². The van der Waals surface area contributed by atoms with E-state index in [0.29, 0.717) is 22.2 Å². The second-order valence-electron chi connectivity index (χ2n) is 11.9. The zero-order chi connectivity index (χ0) is 27.8. The van der Waals surface area contributed by atoms with Crippen LogP contribution in [0.2, 0.25) is 5.02 Å². The van der Waals surface area contributed by atoms with Gasteiger partial charge < -0.3 is 23.7 Å². The average molecular weight is 568 g/mol. The fourth-order valence-corrected chi connectivity index (χ4v) is 6.98. The lowest BCUT2D eigenvalue weighted by atomic mass is 9.90. The molecule has 41 heavy (non-hydrogen) atoms. The van der Waals surface area contributed by atoms with Crippen molar-refractivity contribution in [3.63, 3.8) is 0 Å². The molecule has 2 aromatic heterocycles. The van der Waals surface area contributed by atoms with E-state index >= 15 is 0 Å². The molecule has 0 N–H and O–H groups in total. The van der Waals surface area contributed by atoms with Crippen molar-refractivity contribution in [2.24, 2.45) is 5.41 Å². The molecule has 1 spiro atoms. The number of imidazole rings is 1. The SMILES string of the molecule is CC1(c2ccc(Cl)cn2)Oc2cccc(N3CCC4(CC3)CC4c3nc4ccc(C#N)cc4n3C[C@@H]3CCO3)c2O1. The van der Waals surface area contributed by atoms with Gasteiger partial charge in [-0.3, -0.25) is 4.98 Å². The molecule has 3 atom stereocenters. The van der Waals surface area contributed by atoms with Crippen LogP contribution in [0.5, 0.6) is 11.5 Å². The minimum absolute atomic E-state index is 0.226. The smallest absolute Gasteiger partial charge is 0.292 e. The topological polar surface area (TPSA) is 85.4 Å². The van der Waals surface area contributed by atoms with E-state index in [9.17, 15) is 5.26 Å². The Balaban J connectivity index is 1.02. The number of nitriles is 1. The third-order valence-corrected chi connectivity index (χ3v) is 9.66. The average Bonchev–Trinajstić information content (AvgIpc) is 3.34. The summed E-state index contributed by atoms with van der Waals surface area (Å²) in [5.41, 5.74) is 4.68. The van der Waals surface area contributed by atoms with Crippen LogP contribution in [0.15, 0.2) is 54.7 Å². The summed E-state index contributed by atoms with van der Waals surface area (Å²) < 4.78 is 20.9. The molecule has 0 bridgehead atoms. The number of aromatic nitrogens is 3. The fourth-order valence-electron chi connectivity index (χ4n) is 6.87. The van der Waals surface area contributed by atoms with Gasteiger partial charge in [0, 0.05) is 38.7 Å². The summed E-state index contributed by atoms with van der Waals surface area (Å²) in [5, 5.41) is 10.1. The molecular weight excluding hydrogens is 538 g/mol. The number of benzene rings is 2. The van der Waals surface area contributed by atoms with Gasteiger partial charge in [-0.15, -0.1) is 0 Å². The molecule has 4 aromatic rings. The third-order valence-electron chi connectivity index (χ3n) is 9.44. The number of anilines is 1. The van der Waals surface area contributed by atoms with E-state index in [1.807, 2.05) is 43.3 Å². The van der Waals surface area contributed by atoms with Gasteiger partial charge in [0.1, 0.15) is 11.5 Å². The molecule has 2 saturated heterocycles. The number of hydrogen-bond acceptors (Lipinski definition) is 7. The van der Waals surface area contributed by atoms with Gasteiger partial charge in [-0.1, -0.05) is 17.7 Å². The lowest BCUT2D eigenvalue weighted by Crippen LogP contribution is -2.36. The van der Waals surface area contributed by atoms with Gasteiger partial charge in [-0.2, -0.15) is 5.26 Å². The molecule has 8 rings (SSSR count). The quantitative estimate of drug-likeness (QED) is 0.285. The van der Waals surface area contributed by atoms with Gasteiger partial charge >= 0.3 is 0 Å². The second kappa shape index (κ2) is 9.10. The van der Waals surface area contributed by atoms with Crippen LogP contribution >= 0.6 is 11.6 Å². The molecule has 0 amide bonds. The first-order chi connectivity index (χ1) is 19.9. The number of hydrogen-bond donors (Lipinski definition) is 0. The monoisotopic (exact) mass is 567 g/mol. The van der Waals surface area contributed by atoms with Gasteiger partial charge in [0.15, 0.2) is 11.5 Å². The van der Waals surface area contributed by atoms with Gasteiger partial charge in [-0.05, 0) is 73.6 Å². The lowest BCUT2D eigenvalue weighted by Gasteiger charge is -2.35. The molecular formula is C32H30ClN5O3. The first kappa shape index (κ1) is 25.0. The number of ether oxygens (including phenoxy) is 3. The van der Waals surface area contributed by atoms with E-state index in [4.69, 9.17) is 30.8 Å². The Morgan fingerprint density at radius 2 is 1.98 bits per heavy atom. The minimum Gasteiger partial charge on any atom is -0.443 e. The molecule has 0 radical (unpaired) electrons. The minimum atomic E-state index is -1.00. The largest absolute Gasteiger partial charge is 0.443 e. The molecule has 3 aliphatic heterocycles. The van der Waals surface area contributed by atoms with Gasteiger partial charge in [0.25, 0.3) is 5.79 Å². The maximum absolute atomic E-state index is 9.49. The third kappa shape index (κ3) is 4.05. The summed E-state index contributed by atoms with van der Waals surface area (Å²) in [7, 11) is 0. The second-order valence-corrected chi connectivity index (χ2v) is 12.3. The van der Waals surface area contributed by atoms with E-state index in [1.165, 1.54) is 0 Å². The van der Waals surface area contributed by atoms with Gasteiger partial charge in [-0.25, -0.2) is 4.98 Å². The summed E-state index contributed by atoms with van der Waals surface area (Å²) in [6.07, 6.45) is 6.24. The molecule has 4 aliphatic rings. The van der Waals surface area contributed by atoms with Crippen molar-refractivity contribution < 1.29 is 14.2 Å². The van der Waals surface area contributed by atoms with Crippen LogP contribution in [0, 0.1) is 16.7 Å². The van der Waals surface area contributed by atoms with E-state index in [0.717, 1.165) is 86.0 Å². The highest BCUT2D eigenvalue weighted by Crippen LogP contribution is 2.65. The Kier molecular flexibility index (Phi) is 5.54. The molecule has 1 aliphatic carbocycles. The van der Waals surface area contributed by atoms with Crippen LogP contribution in [-0.2, 0) is 17.1 Å². The first-order valence-corrected chi connectivity index (χ1v) is 14.7. The van der Waals surface area contributed by atoms with Crippen molar-refractivity contribution >= 4 is 28.3 Å². The number of pyridine rings is 1. The van der Waals surface area contributed by atoms with Gasteiger partial charge in [0.2, 0.25) is 0 Å². The van der Waals surface area contributed by atoms with E-state index in [-0.39, 0.29) is 11.5 Å². The Morgan fingerprint density at radius 1 is 1.12 bits per heavy atom. The van der Waals surface area contributed by atoms with Crippen LogP contribution in [-0.4, -0.2) is 40.3 Å². The Bertz CT molecular complexity index is 1700. The van der Waals surface area contributed by atoms with E-state index in [1.54, 1.807) is 12.3 Å². The zero-order valence-corrected chi connectivity index (χ0v) is 23.6. The maximum atomic E-state index is 9.49. The normalized spacial score (nSPS) is 25.7. The predicted molar refractivity (Wildman–Crippen MR) is 154 cm³/mol. The summed E-state index contributed by atoms with van der Waals surface area (Å²) >= 11 is 6.06. The Morgan fingerprint density at radius 3 is 2.71 bits per heavy atom. The zero-order valence-electron chi connectivity index (χ0n) is 22.8. The van der Waals surface area contributed by atoms with Crippen LogP contribution in [0.3, 0.4) is 0 Å². The highest BCUT2D eigenvalue weighted by molar-refractivity contribution is 6.30. The predicted octanol–water partition coefficient (Wildman–Crippen LogP) is 6.16. The Hall–Kier alpha value is -3.80. The standard InChI is InChI=1S/C32H30ClN5O3/c1-31(28-8-6-21(33)18-35-28)40-27-4-2-3-25(29(27)41-31)37-12-10-32(11-13-37)16-23(32)30-36-24-7-5-20(17-34)15-26(24)38(30)19-22-9-14-39-22/h2-8,15,18,22-23H,9-14,16,19H2,1H3/t22-,23?,31?/m0/s1. The van der Waals surface area contributed by atoms with E-state index < -0.39 is 5.79 Å². The molecule has 9 heteroatoms. The maximum Gasteiger partial charge on any atom is 0.292 e. The summed E-state index contributed by atoms with van der Waals surface area (Å²) in [6, 6.07) is 17.9. The van der Waals surface area contributed by atoms with Gasteiger partial charge in [0.05, 0.1) is 46.0 Å².